The molecule has 2 heterocycles. The summed E-state index contributed by atoms with van der Waals surface area (Å²) in [4.78, 5) is 20.7. The zero-order valence-corrected chi connectivity index (χ0v) is 20.2. The molecule has 0 saturated carbocycles. The Morgan fingerprint density at radius 3 is 2.55 bits per heavy atom. The molecule has 2 atom stereocenters. The molecule has 14 heteroatoms. The fraction of sp³-hybridized carbons (Fsp3) is 0.250. The quantitative estimate of drug-likeness (QED) is 0.460. The third kappa shape index (κ3) is 5.83. The minimum atomic E-state index is -4.91. The molecule has 0 bridgehead atoms. The first-order valence-electron chi connectivity index (χ1n) is 11.1. The van der Waals surface area contributed by atoms with Gasteiger partial charge in [0.05, 0.1) is 15.7 Å². The van der Waals surface area contributed by atoms with Gasteiger partial charge in [-0.05, 0) is 35.9 Å². The predicted octanol–water partition coefficient (Wildman–Crippen LogP) is 3.81. The number of hydrogen-bond acceptors (Lipinski definition) is 8. The molecule has 1 aliphatic rings. The van der Waals surface area contributed by atoms with Gasteiger partial charge in [-0.25, -0.2) is 27.6 Å². The van der Waals surface area contributed by atoms with Crippen LogP contribution in [-0.4, -0.2) is 42.5 Å². The molecule has 0 spiro atoms. The van der Waals surface area contributed by atoms with E-state index >= 15 is 0 Å². The smallest absolute Gasteiger partial charge is 0.417 e. The first kappa shape index (κ1) is 26.8. The third-order valence-electron chi connectivity index (χ3n) is 5.78. The lowest BCUT2D eigenvalue weighted by atomic mass is 10.2. The van der Waals surface area contributed by atoms with Crippen molar-refractivity contribution in [3.63, 3.8) is 0 Å². The number of anilines is 1. The van der Waals surface area contributed by atoms with Crippen LogP contribution in [0.4, 0.5) is 28.2 Å². The molecule has 38 heavy (non-hydrogen) atoms. The van der Waals surface area contributed by atoms with Crippen molar-refractivity contribution in [1.82, 2.24) is 15.3 Å². The van der Waals surface area contributed by atoms with Crippen LogP contribution in [0, 0.1) is 17.1 Å². The molecule has 3 aromatic rings. The van der Waals surface area contributed by atoms with Crippen LogP contribution in [0.15, 0.2) is 65.7 Å². The van der Waals surface area contributed by atoms with Crippen LogP contribution in [0.2, 0.25) is 0 Å². The van der Waals surface area contributed by atoms with Crippen LogP contribution < -0.4 is 10.2 Å². The summed E-state index contributed by atoms with van der Waals surface area (Å²) in [7, 11) is -4.55. The molecule has 1 N–H and O–H groups in total. The number of sulfone groups is 1. The molecule has 1 saturated heterocycles. The fourth-order valence-electron chi connectivity index (χ4n) is 3.97. The van der Waals surface area contributed by atoms with E-state index in [0.717, 1.165) is 12.1 Å². The number of benzene rings is 2. The zero-order valence-electron chi connectivity index (χ0n) is 19.4. The SMILES string of the molecule is N#Cc1nccc(N2C[C@@H](S(=O)(=O)c3ccccc3C(F)(F)F)C[C@@H]2OC(=O)NCc2ccc(F)cc2)n1. The molecule has 1 fully saturated rings. The Kier molecular flexibility index (Phi) is 7.49. The van der Waals surface area contributed by atoms with Gasteiger partial charge < -0.3 is 15.0 Å². The molecular weight excluding hydrogens is 530 g/mol. The summed E-state index contributed by atoms with van der Waals surface area (Å²) in [6.07, 6.45) is -6.24. The number of aromatic nitrogens is 2. The number of carbonyl (C=O) groups is 1. The van der Waals surface area contributed by atoms with Crippen molar-refractivity contribution in [3.8, 4) is 6.07 Å². The number of hydrogen-bond donors (Lipinski definition) is 1. The van der Waals surface area contributed by atoms with Crippen LogP contribution in [-0.2, 0) is 27.3 Å². The first-order valence-corrected chi connectivity index (χ1v) is 12.6. The van der Waals surface area contributed by atoms with Crippen molar-refractivity contribution in [2.45, 2.75) is 35.5 Å². The monoisotopic (exact) mass is 549 g/mol. The minimum absolute atomic E-state index is 0.0292. The summed E-state index contributed by atoms with van der Waals surface area (Å²) in [6.45, 7) is -0.398. The van der Waals surface area contributed by atoms with E-state index in [2.05, 4.69) is 15.3 Å². The second-order valence-corrected chi connectivity index (χ2v) is 10.4. The number of alkyl carbamates (subject to hydrolysis) is 1. The number of nitriles is 1. The fourth-order valence-corrected chi connectivity index (χ4v) is 5.87. The van der Waals surface area contributed by atoms with Crippen LogP contribution in [0.1, 0.15) is 23.4 Å². The second-order valence-electron chi connectivity index (χ2n) is 8.24. The van der Waals surface area contributed by atoms with Crippen molar-refractivity contribution >= 4 is 21.7 Å². The van der Waals surface area contributed by atoms with E-state index in [4.69, 9.17) is 10.00 Å². The molecule has 4 rings (SSSR count). The third-order valence-corrected chi connectivity index (χ3v) is 7.97. The van der Waals surface area contributed by atoms with Crippen LogP contribution in [0.3, 0.4) is 0 Å². The molecule has 1 aromatic heterocycles. The summed E-state index contributed by atoms with van der Waals surface area (Å²) in [6, 6.07) is 12.2. The number of rotatable bonds is 6. The first-order chi connectivity index (χ1) is 18.0. The molecule has 0 radical (unpaired) electrons. The molecule has 0 aliphatic carbocycles. The van der Waals surface area contributed by atoms with Crippen molar-refractivity contribution in [1.29, 1.82) is 5.26 Å². The highest BCUT2D eigenvalue weighted by Crippen LogP contribution is 2.38. The molecular formula is C24H19F4N5O4S. The topological polar surface area (TPSA) is 125 Å². The standard InChI is InChI=1S/C24H19F4N5O4S/c25-16-7-5-15(6-8-16)13-31-23(34)37-22-11-17(14-33(22)21-9-10-30-20(12-29)32-21)38(35,36)19-4-2-1-3-18(19)24(26,27)28/h1-10,17,22H,11,13-14H2,(H,31,34)/t17-,22-/m0/s1. The summed E-state index contributed by atoms with van der Waals surface area (Å²) in [5, 5.41) is 10.2. The maximum absolute atomic E-state index is 13.6. The Morgan fingerprint density at radius 1 is 1.16 bits per heavy atom. The highest BCUT2D eigenvalue weighted by Gasteiger charge is 2.46. The normalized spacial score (nSPS) is 17.6. The number of alkyl halides is 3. The lowest BCUT2D eigenvalue weighted by Gasteiger charge is -2.25. The summed E-state index contributed by atoms with van der Waals surface area (Å²) in [5.41, 5.74) is -0.743. The van der Waals surface area contributed by atoms with Gasteiger partial charge in [0.2, 0.25) is 5.82 Å². The molecule has 1 aliphatic heterocycles. The van der Waals surface area contributed by atoms with E-state index < -0.39 is 49.9 Å². The number of amides is 1. The number of nitrogens with one attached hydrogen (secondary N) is 1. The van der Waals surface area contributed by atoms with Gasteiger partial charge in [-0.3, -0.25) is 0 Å². The lowest BCUT2D eigenvalue weighted by Crippen LogP contribution is -2.37. The molecule has 198 valence electrons. The van der Waals surface area contributed by atoms with E-state index in [-0.39, 0.29) is 31.2 Å². The van der Waals surface area contributed by atoms with E-state index in [9.17, 15) is 30.8 Å². The number of carbonyl (C=O) groups excluding carboxylic acids is 1. The molecule has 1 amide bonds. The Morgan fingerprint density at radius 2 is 1.87 bits per heavy atom. The van der Waals surface area contributed by atoms with Crippen molar-refractivity contribution < 1.29 is 35.5 Å². The van der Waals surface area contributed by atoms with Gasteiger partial charge in [0.15, 0.2) is 16.1 Å². The van der Waals surface area contributed by atoms with Gasteiger partial charge in [-0.15, -0.1) is 0 Å². The number of halogens is 4. The summed E-state index contributed by atoms with van der Waals surface area (Å²) < 4.78 is 86.0. The largest absolute Gasteiger partial charge is 0.425 e. The Bertz CT molecular complexity index is 1480. The van der Waals surface area contributed by atoms with Crippen LogP contribution in [0.25, 0.3) is 0 Å². The van der Waals surface area contributed by atoms with Crippen LogP contribution >= 0.6 is 0 Å². The molecule has 0 unspecified atom stereocenters. The highest BCUT2D eigenvalue weighted by atomic mass is 32.2. The van der Waals surface area contributed by atoms with Gasteiger partial charge in [-0.1, -0.05) is 24.3 Å². The van der Waals surface area contributed by atoms with E-state index in [1.807, 2.05) is 0 Å². The van der Waals surface area contributed by atoms with Gasteiger partial charge in [0.25, 0.3) is 0 Å². The van der Waals surface area contributed by atoms with Crippen molar-refractivity contribution in [2.75, 3.05) is 11.4 Å². The van der Waals surface area contributed by atoms with Gasteiger partial charge in [0.1, 0.15) is 17.7 Å². The van der Waals surface area contributed by atoms with Crippen LogP contribution in [0.5, 0.6) is 0 Å². The second kappa shape index (κ2) is 10.6. The highest BCUT2D eigenvalue weighted by molar-refractivity contribution is 7.92. The summed E-state index contributed by atoms with van der Waals surface area (Å²) in [5.74, 6) is -0.649. The average molecular weight is 550 g/mol. The number of nitrogens with zero attached hydrogens (tertiary/aromatic N) is 4. The molecule has 9 nitrogen and oxygen atoms in total. The maximum Gasteiger partial charge on any atom is 0.417 e. The number of ether oxygens (including phenoxy) is 1. The molecule has 2 aromatic carbocycles. The average Bonchev–Trinajstić information content (AvgIpc) is 3.32. The van der Waals surface area contributed by atoms with Gasteiger partial charge in [0, 0.05) is 25.7 Å². The Labute approximate surface area is 214 Å². The lowest BCUT2D eigenvalue weighted by molar-refractivity contribution is -0.139. The Balaban J connectivity index is 1.60. The maximum atomic E-state index is 13.6. The predicted molar refractivity (Wildman–Crippen MR) is 125 cm³/mol. The van der Waals surface area contributed by atoms with Gasteiger partial charge >= 0.3 is 12.3 Å². The van der Waals surface area contributed by atoms with E-state index in [1.165, 1.54) is 47.5 Å². The van der Waals surface area contributed by atoms with E-state index in [0.29, 0.717) is 11.6 Å². The van der Waals surface area contributed by atoms with Crippen molar-refractivity contribution in [2.24, 2.45) is 0 Å². The van der Waals surface area contributed by atoms with Gasteiger partial charge in [-0.2, -0.15) is 18.4 Å². The van der Waals surface area contributed by atoms with Crippen molar-refractivity contribution in [3.05, 3.63) is 83.6 Å². The van der Waals surface area contributed by atoms with E-state index in [1.54, 1.807) is 6.07 Å². The summed E-state index contributed by atoms with van der Waals surface area (Å²) >= 11 is 0. The zero-order chi connectivity index (χ0) is 27.5. The Hall–Kier alpha value is -4.25. The minimum Gasteiger partial charge on any atom is -0.425 e.